The number of anilines is 1. The number of hydrogen-bond donors (Lipinski definition) is 3. The summed E-state index contributed by atoms with van der Waals surface area (Å²) in [7, 11) is 0. The van der Waals surface area contributed by atoms with Crippen molar-refractivity contribution in [3.05, 3.63) is 80.8 Å². The van der Waals surface area contributed by atoms with Gasteiger partial charge in [0.05, 0.1) is 11.1 Å². The lowest BCUT2D eigenvalue weighted by atomic mass is 10.2. The number of non-ortho nitro benzene ring substituents is 1. The molecule has 2 aromatic carbocycles. The lowest BCUT2D eigenvalue weighted by Crippen LogP contribution is -2.12. The first kappa shape index (κ1) is 17.1. The Labute approximate surface area is 157 Å². The van der Waals surface area contributed by atoms with Crippen LogP contribution in [0.5, 0.6) is 0 Å². The van der Waals surface area contributed by atoms with Gasteiger partial charge in [-0.05, 0) is 17.7 Å². The average Bonchev–Trinajstić information content (AvgIpc) is 3.13. The second-order valence-electron chi connectivity index (χ2n) is 5.78. The van der Waals surface area contributed by atoms with Gasteiger partial charge in [-0.25, -0.2) is 9.78 Å². The van der Waals surface area contributed by atoms with Crippen molar-refractivity contribution in [1.29, 1.82) is 0 Å². The number of hydrazone groups is 1. The van der Waals surface area contributed by atoms with Gasteiger partial charge in [0.1, 0.15) is 11.3 Å². The standard InChI is InChI=1S/C18H13N7O3/c26-18-22-16-14(20-15(21-16)12-4-2-1-3-5-12)17(23-18)24-19-10-11-6-8-13(9-7-11)25(27)28/h1-10H,(H3,20,21,22,23,24,26)/b19-10+. The van der Waals surface area contributed by atoms with E-state index in [1.54, 1.807) is 12.1 Å². The molecule has 0 aliphatic rings. The molecule has 0 fully saturated rings. The van der Waals surface area contributed by atoms with Gasteiger partial charge in [0, 0.05) is 17.7 Å². The first-order valence-corrected chi connectivity index (χ1v) is 8.19. The maximum Gasteiger partial charge on any atom is 0.348 e. The Hall–Kier alpha value is -4.34. The molecule has 0 radical (unpaired) electrons. The molecule has 4 aromatic rings. The molecule has 10 heteroatoms. The number of nitrogens with zero attached hydrogens (tertiary/aromatic N) is 4. The fourth-order valence-electron chi connectivity index (χ4n) is 2.59. The Morgan fingerprint density at radius 2 is 1.79 bits per heavy atom. The lowest BCUT2D eigenvalue weighted by molar-refractivity contribution is -0.384. The molecular weight excluding hydrogens is 362 g/mol. The Morgan fingerprint density at radius 3 is 2.50 bits per heavy atom. The van der Waals surface area contributed by atoms with E-state index in [-0.39, 0.29) is 11.5 Å². The Bertz CT molecular complexity index is 1230. The number of H-pyrrole nitrogens is 2. The number of benzene rings is 2. The van der Waals surface area contributed by atoms with Gasteiger partial charge in [0.2, 0.25) is 0 Å². The van der Waals surface area contributed by atoms with Crippen LogP contribution in [-0.4, -0.2) is 31.1 Å². The van der Waals surface area contributed by atoms with Gasteiger partial charge in [0.25, 0.3) is 5.69 Å². The normalized spacial score (nSPS) is 11.1. The van der Waals surface area contributed by atoms with E-state index < -0.39 is 10.6 Å². The highest BCUT2D eigenvalue weighted by Gasteiger charge is 2.11. The third-order valence-corrected chi connectivity index (χ3v) is 3.91. The highest BCUT2D eigenvalue weighted by Crippen LogP contribution is 2.22. The maximum atomic E-state index is 11.8. The van der Waals surface area contributed by atoms with Gasteiger partial charge >= 0.3 is 5.69 Å². The van der Waals surface area contributed by atoms with E-state index in [0.29, 0.717) is 22.6 Å². The highest BCUT2D eigenvalue weighted by atomic mass is 16.6. The van der Waals surface area contributed by atoms with Crippen molar-refractivity contribution < 1.29 is 4.92 Å². The van der Waals surface area contributed by atoms with Crippen molar-refractivity contribution in [2.45, 2.75) is 0 Å². The molecule has 4 rings (SSSR count). The maximum absolute atomic E-state index is 11.8. The third-order valence-electron chi connectivity index (χ3n) is 3.91. The minimum atomic E-state index is -0.563. The van der Waals surface area contributed by atoms with Crippen molar-refractivity contribution in [1.82, 2.24) is 19.9 Å². The molecule has 0 bridgehead atoms. The molecule has 3 N–H and O–H groups in total. The van der Waals surface area contributed by atoms with Crippen LogP contribution in [0.3, 0.4) is 0 Å². The number of nitro groups is 1. The fraction of sp³-hybridized carbons (Fsp3) is 0. The van der Waals surface area contributed by atoms with Crippen LogP contribution in [0, 0.1) is 10.1 Å². The number of hydrogen-bond acceptors (Lipinski definition) is 7. The van der Waals surface area contributed by atoms with E-state index >= 15 is 0 Å². The summed E-state index contributed by atoms with van der Waals surface area (Å²) >= 11 is 0. The van der Waals surface area contributed by atoms with Crippen LogP contribution < -0.4 is 11.1 Å². The van der Waals surface area contributed by atoms with Crippen LogP contribution >= 0.6 is 0 Å². The number of nitrogens with one attached hydrogen (secondary N) is 3. The van der Waals surface area contributed by atoms with Gasteiger partial charge in [-0.1, -0.05) is 30.3 Å². The van der Waals surface area contributed by atoms with Gasteiger partial charge in [-0.3, -0.25) is 20.5 Å². The number of imidazole rings is 1. The van der Waals surface area contributed by atoms with Crippen LogP contribution in [0.1, 0.15) is 5.56 Å². The molecule has 0 aliphatic carbocycles. The van der Waals surface area contributed by atoms with Crippen LogP contribution in [0.15, 0.2) is 64.5 Å². The third kappa shape index (κ3) is 3.46. The summed E-state index contributed by atoms with van der Waals surface area (Å²) in [5, 5.41) is 14.7. The molecule has 0 aliphatic heterocycles. The SMILES string of the molecule is O=c1nc(N/N=C/c2ccc([N+](=O)[O-])cc2)c2[nH]c(-c3ccccc3)nc2[nH]1. The van der Waals surface area contributed by atoms with Crippen molar-refractivity contribution in [2.24, 2.45) is 5.10 Å². The second-order valence-corrected chi connectivity index (χ2v) is 5.78. The van der Waals surface area contributed by atoms with E-state index in [0.717, 1.165) is 5.56 Å². The zero-order valence-corrected chi connectivity index (χ0v) is 14.3. The Balaban J connectivity index is 1.62. The Morgan fingerprint density at radius 1 is 1.04 bits per heavy atom. The smallest absolute Gasteiger partial charge is 0.334 e. The summed E-state index contributed by atoms with van der Waals surface area (Å²) in [5.41, 5.74) is 4.50. The summed E-state index contributed by atoms with van der Waals surface area (Å²) in [5.74, 6) is 0.799. The van der Waals surface area contributed by atoms with Crippen LogP contribution in [0.4, 0.5) is 11.5 Å². The minimum absolute atomic E-state index is 0.00558. The van der Waals surface area contributed by atoms with Crippen molar-refractivity contribution in [2.75, 3.05) is 5.43 Å². The van der Waals surface area contributed by atoms with E-state index in [4.69, 9.17) is 0 Å². The predicted molar refractivity (Wildman–Crippen MR) is 104 cm³/mol. The van der Waals surface area contributed by atoms with E-state index in [9.17, 15) is 14.9 Å². The number of aromatic amines is 2. The first-order valence-electron chi connectivity index (χ1n) is 8.19. The zero-order valence-electron chi connectivity index (χ0n) is 14.3. The number of aromatic nitrogens is 4. The highest BCUT2D eigenvalue weighted by molar-refractivity contribution is 5.86. The summed E-state index contributed by atoms with van der Waals surface area (Å²) in [6.07, 6.45) is 1.47. The van der Waals surface area contributed by atoms with Gasteiger partial charge in [-0.15, -0.1) is 0 Å². The quantitative estimate of drug-likeness (QED) is 0.278. The minimum Gasteiger partial charge on any atom is -0.334 e. The monoisotopic (exact) mass is 375 g/mol. The van der Waals surface area contributed by atoms with Gasteiger partial charge in [0.15, 0.2) is 11.5 Å². The van der Waals surface area contributed by atoms with Crippen molar-refractivity contribution in [3.8, 4) is 11.4 Å². The van der Waals surface area contributed by atoms with E-state index in [1.807, 2.05) is 30.3 Å². The second kappa shape index (κ2) is 7.11. The molecule has 0 spiro atoms. The molecule has 2 heterocycles. The number of nitro benzene ring substituents is 1. The summed E-state index contributed by atoms with van der Waals surface area (Å²) in [4.78, 5) is 36.0. The molecule has 2 aromatic heterocycles. The summed E-state index contributed by atoms with van der Waals surface area (Å²) in [6.45, 7) is 0. The first-order chi connectivity index (χ1) is 13.6. The molecular formula is C18H13N7O3. The van der Waals surface area contributed by atoms with Crippen LogP contribution in [-0.2, 0) is 0 Å². The van der Waals surface area contributed by atoms with Crippen LogP contribution in [0.25, 0.3) is 22.6 Å². The molecule has 0 amide bonds. The average molecular weight is 375 g/mol. The molecule has 0 saturated carbocycles. The largest absolute Gasteiger partial charge is 0.348 e. The predicted octanol–water partition coefficient (Wildman–Crippen LogP) is 2.67. The van der Waals surface area contributed by atoms with Crippen molar-refractivity contribution in [3.63, 3.8) is 0 Å². The number of fused-ring (bicyclic) bond motifs is 1. The zero-order chi connectivity index (χ0) is 19.5. The molecule has 10 nitrogen and oxygen atoms in total. The molecule has 0 atom stereocenters. The number of rotatable bonds is 5. The van der Waals surface area contributed by atoms with Crippen molar-refractivity contribution >= 4 is 28.9 Å². The molecule has 0 unspecified atom stereocenters. The fourth-order valence-corrected chi connectivity index (χ4v) is 2.59. The van der Waals surface area contributed by atoms with Crippen LogP contribution in [0.2, 0.25) is 0 Å². The molecule has 138 valence electrons. The summed E-state index contributed by atoms with van der Waals surface area (Å²) in [6, 6.07) is 15.3. The lowest BCUT2D eigenvalue weighted by Gasteiger charge is -1.99. The molecule has 28 heavy (non-hydrogen) atoms. The molecule has 0 saturated heterocycles. The van der Waals surface area contributed by atoms with Gasteiger partial charge < -0.3 is 4.98 Å². The summed E-state index contributed by atoms with van der Waals surface area (Å²) < 4.78 is 0. The van der Waals surface area contributed by atoms with E-state index in [2.05, 4.69) is 30.5 Å². The topological polar surface area (TPSA) is 142 Å². The Kier molecular flexibility index (Phi) is 4.34. The van der Waals surface area contributed by atoms with E-state index in [1.165, 1.54) is 18.3 Å². The van der Waals surface area contributed by atoms with Gasteiger partial charge in [-0.2, -0.15) is 10.1 Å².